The molecule has 3 nitrogen and oxygen atoms in total. The van der Waals surface area contributed by atoms with Crippen LogP contribution < -0.4 is 26.2 Å². The van der Waals surface area contributed by atoms with Crippen molar-refractivity contribution in [3.63, 3.8) is 0 Å². The van der Waals surface area contributed by atoms with E-state index in [1.807, 2.05) is 0 Å². The first-order valence-corrected chi connectivity index (χ1v) is 22.9. The van der Waals surface area contributed by atoms with Crippen molar-refractivity contribution < 1.29 is 0 Å². The number of nitriles is 1. The van der Waals surface area contributed by atoms with Crippen molar-refractivity contribution >= 4 is 78.8 Å². The highest BCUT2D eigenvalue weighted by Gasteiger charge is 2.44. The molecular formula is C62H46BN3. The van der Waals surface area contributed by atoms with Gasteiger partial charge in [0.15, 0.2) is 0 Å². The average Bonchev–Trinajstić information content (AvgIpc) is 3.35. The zero-order chi connectivity index (χ0) is 44.7. The van der Waals surface area contributed by atoms with Gasteiger partial charge in [0.2, 0.25) is 0 Å². The van der Waals surface area contributed by atoms with Gasteiger partial charge in [0, 0.05) is 34.1 Å². The first kappa shape index (κ1) is 39.5. The number of fused-ring (bicyclic) bond motifs is 6. The number of hydrogen-bond donors (Lipinski definition) is 0. The highest BCUT2D eigenvalue weighted by atomic mass is 15.2. The van der Waals surface area contributed by atoms with Gasteiger partial charge in [-0.05, 0) is 162 Å². The summed E-state index contributed by atoms with van der Waals surface area (Å²) < 4.78 is 0. The summed E-state index contributed by atoms with van der Waals surface area (Å²) in [7, 11) is 0. The number of hydrogen-bond acceptors (Lipinski definition) is 3. The third kappa shape index (κ3) is 6.27. The summed E-state index contributed by atoms with van der Waals surface area (Å²) in [6.45, 7) is 9.05. The zero-order valence-corrected chi connectivity index (χ0v) is 37.5. The Kier molecular flexibility index (Phi) is 9.12. The van der Waals surface area contributed by atoms with Gasteiger partial charge < -0.3 is 9.80 Å². The van der Waals surface area contributed by atoms with E-state index in [1.54, 1.807) is 0 Å². The van der Waals surface area contributed by atoms with E-state index in [4.69, 9.17) is 0 Å². The second kappa shape index (κ2) is 15.3. The first-order valence-electron chi connectivity index (χ1n) is 22.9. The molecule has 2 aliphatic heterocycles. The van der Waals surface area contributed by atoms with Gasteiger partial charge in [-0.1, -0.05) is 160 Å². The standard InChI is InChI=1S/C62H46BN3/c1-40-18-17-23-48(32-40)66-55-29-16-15-28-53(55)63-54-31-30-46(62(2,3)4)38-56(54)65(47-21-9-6-10-22-47)57-36-44(37-58(66)61(57)63)43-33-41(39-64)34-45(35-43)60-51-26-13-11-24-49(51)59(42-19-7-5-8-20-42)50-25-12-14-27-52(50)60/h5-38H,1-4H3. The average molecular weight is 844 g/mol. The predicted molar refractivity (Wildman–Crippen MR) is 280 cm³/mol. The Hall–Kier alpha value is -8.13. The number of nitrogens with zero attached hydrogens (tertiary/aromatic N) is 3. The largest absolute Gasteiger partial charge is 0.311 e. The second-order valence-electron chi connectivity index (χ2n) is 18.9. The maximum atomic E-state index is 10.9. The fourth-order valence-corrected chi connectivity index (χ4v) is 10.8. The van der Waals surface area contributed by atoms with Crippen LogP contribution in [0.3, 0.4) is 0 Å². The number of anilines is 6. The number of para-hydroxylation sites is 2. The fraction of sp³-hybridized carbons (Fsp3) is 0.0806. The minimum absolute atomic E-state index is 0.00727. The summed E-state index contributed by atoms with van der Waals surface area (Å²) in [5.74, 6) is 0. The van der Waals surface area contributed by atoms with Crippen LogP contribution in [0.15, 0.2) is 206 Å². The van der Waals surface area contributed by atoms with E-state index >= 15 is 0 Å². The van der Waals surface area contributed by atoms with Crippen LogP contribution in [0, 0.1) is 18.3 Å². The van der Waals surface area contributed by atoms with Crippen molar-refractivity contribution in [2.45, 2.75) is 33.1 Å². The summed E-state index contributed by atoms with van der Waals surface area (Å²) in [6, 6.07) is 77.8. The zero-order valence-electron chi connectivity index (χ0n) is 37.5. The molecule has 2 aliphatic rings. The van der Waals surface area contributed by atoms with Gasteiger partial charge in [-0.15, -0.1) is 0 Å². The van der Waals surface area contributed by atoms with Crippen molar-refractivity contribution in [3.05, 3.63) is 223 Å². The predicted octanol–water partition coefficient (Wildman–Crippen LogP) is 14.6. The molecule has 0 unspecified atom stereocenters. The molecule has 0 spiro atoms. The highest BCUT2D eigenvalue weighted by Crippen LogP contribution is 2.49. The minimum Gasteiger partial charge on any atom is -0.311 e. The molecule has 0 radical (unpaired) electrons. The summed E-state index contributed by atoms with van der Waals surface area (Å²) in [5.41, 5.74) is 20.3. The maximum absolute atomic E-state index is 10.9. The van der Waals surface area contributed by atoms with Crippen molar-refractivity contribution in [3.8, 4) is 39.4 Å². The van der Waals surface area contributed by atoms with Crippen LogP contribution in [0.4, 0.5) is 34.1 Å². The molecule has 10 aromatic rings. The van der Waals surface area contributed by atoms with E-state index in [1.165, 1.54) is 60.8 Å². The molecule has 0 saturated heterocycles. The Morgan fingerprint density at radius 2 is 0.955 bits per heavy atom. The lowest BCUT2D eigenvalue weighted by Gasteiger charge is -2.45. The Morgan fingerprint density at radius 1 is 0.424 bits per heavy atom. The van der Waals surface area contributed by atoms with Gasteiger partial charge in [0.05, 0.1) is 11.6 Å². The Morgan fingerprint density at radius 3 is 1.59 bits per heavy atom. The minimum atomic E-state index is -0.0567. The Balaban J connectivity index is 1.17. The van der Waals surface area contributed by atoms with Crippen molar-refractivity contribution in [2.75, 3.05) is 9.80 Å². The van der Waals surface area contributed by atoms with Crippen molar-refractivity contribution in [1.82, 2.24) is 0 Å². The summed E-state index contributed by atoms with van der Waals surface area (Å²) in [5, 5.41) is 15.6. The molecule has 0 bridgehead atoms. The van der Waals surface area contributed by atoms with Crippen LogP contribution in [0.5, 0.6) is 0 Å². The second-order valence-corrected chi connectivity index (χ2v) is 18.9. The molecule has 0 aromatic heterocycles. The van der Waals surface area contributed by atoms with E-state index in [0.29, 0.717) is 5.56 Å². The molecule has 0 atom stereocenters. The molecule has 12 rings (SSSR count). The van der Waals surface area contributed by atoms with Crippen LogP contribution in [-0.4, -0.2) is 6.71 Å². The van der Waals surface area contributed by atoms with Crippen LogP contribution in [0.25, 0.3) is 54.9 Å². The van der Waals surface area contributed by atoms with E-state index < -0.39 is 0 Å². The lowest BCUT2D eigenvalue weighted by molar-refractivity contribution is 0.590. The molecule has 312 valence electrons. The molecule has 4 heteroatoms. The van der Waals surface area contributed by atoms with Gasteiger partial charge in [-0.3, -0.25) is 0 Å². The SMILES string of the molecule is Cc1cccc(N2c3ccccc3B3c4ccc(C(C)(C)C)cc4N(c4ccccc4)c4cc(-c5cc(C#N)cc(-c6c7ccccc7c(-c7ccccc7)c7ccccc67)c5)cc2c43)c1. The monoisotopic (exact) mass is 843 g/mol. The van der Waals surface area contributed by atoms with Gasteiger partial charge in [0.1, 0.15) is 0 Å². The summed E-state index contributed by atoms with van der Waals surface area (Å²) in [6.07, 6.45) is 0. The molecule has 0 saturated carbocycles. The highest BCUT2D eigenvalue weighted by molar-refractivity contribution is 7.00. The molecule has 10 aromatic carbocycles. The van der Waals surface area contributed by atoms with Crippen molar-refractivity contribution in [2.24, 2.45) is 0 Å². The van der Waals surface area contributed by atoms with Gasteiger partial charge >= 0.3 is 0 Å². The van der Waals surface area contributed by atoms with Crippen LogP contribution in [0.2, 0.25) is 0 Å². The van der Waals surface area contributed by atoms with E-state index in [-0.39, 0.29) is 12.1 Å². The van der Waals surface area contributed by atoms with Crippen LogP contribution in [0.1, 0.15) is 37.5 Å². The molecule has 0 fully saturated rings. The number of aryl methyl sites for hydroxylation is 1. The third-order valence-electron chi connectivity index (χ3n) is 13.8. The van der Waals surface area contributed by atoms with Crippen LogP contribution in [-0.2, 0) is 5.41 Å². The normalized spacial score (nSPS) is 12.7. The van der Waals surface area contributed by atoms with Crippen LogP contribution >= 0.6 is 0 Å². The Bertz CT molecular complexity index is 3560. The van der Waals surface area contributed by atoms with Gasteiger partial charge in [0.25, 0.3) is 6.71 Å². The maximum Gasteiger partial charge on any atom is 0.252 e. The molecule has 2 heterocycles. The Labute approximate surface area is 387 Å². The quantitative estimate of drug-likeness (QED) is 0.128. The van der Waals surface area contributed by atoms with Gasteiger partial charge in [-0.25, -0.2) is 0 Å². The van der Waals surface area contributed by atoms with E-state index in [0.717, 1.165) is 55.8 Å². The lowest BCUT2D eigenvalue weighted by atomic mass is 9.33. The van der Waals surface area contributed by atoms with E-state index in [2.05, 4.69) is 250 Å². The fourth-order valence-electron chi connectivity index (χ4n) is 10.8. The topological polar surface area (TPSA) is 30.3 Å². The lowest BCUT2D eigenvalue weighted by Crippen LogP contribution is -2.61. The first-order chi connectivity index (χ1) is 32.2. The third-order valence-corrected chi connectivity index (χ3v) is 13.8. The number of benzene rings is 10. The van der Waals surface area contributed by atoms with E-state index in [9.17, 15) is 5.26 Å². The summed E-state index contributed by atoms with van der Waals surface area (Å²) in [4.78, 5) is 4.96. The van der Waals surface area contributed by atoms with Gasteiger partial charge in [-0.2, -0.15) is 5.26 Å². The van der Waals surface area contributed by atoms with Crippen molar-refractivity contribution in [1.29, 1.82) is 5.26 Å². The smallest absolute Gasteiger partial charge is 0.252 e. The number of rotatable bonds is 5. The molecule has 0 N–H and O–H groups in total. The summed E-state index contributed by atoms with van der Waals surface area (Å²) >= 11 is 0. The molecular weight excluding hydrogens is 798 g/mol. The molecule has 0 amide bonds. The molecule has 0 aliphatic carbocycles. The molecule has 66 heavy (non-hydrogen) atoms.